The molecule has 0 spiro atoms. The second-order valence-corrected chi connectivity index (χ2v) is 6.40. The van der Waals surface area contributed by atoms with E-state index in [4.69, 9.17) is 4.74 Å². The first-order valence-corrected chi connectivity index (χ1v) is 6.16. The van der Waals surface area contributed by atoms with Gasteiger partial charge in [0.2, 0.25) is 0 Å². The van der Waals surface area contributed by atoms with Crippen molar-refractivity contribution in [2.45, 2.75) is 67.1 Å². The van der Waals surface area contributed by atoms with Crippen molar-refractivity contribution in [1.29, 1.82) is 0 Å². The standard InChI is InChI=1S/C14H26O3/c1-9(2)11(15)14(7,8)17-10(3)12(16)13(4,5)6/h9-10H,1-8H3. The van der Waals surface area contributed by atoms with Gasteiger partial charge in [-0.3, -0.25) is 9.59 Å². The van der Waals surface area contributed by atoms with Crippen LogP contribution in [-0.2, 0) is 14.3 Å². The number of hydrogen-bond acceptors (Lipinski definition) is 3. The molecule has 17 heavy (non-hydrogen) atoms. The first-order chi connectivity index (χ1) is 7.39. The molecule has 0 amide bonds. The molecule has 0 aliphatic rings. The van der Waals surface area contributed by atoms with E-state index in [9.17, 15) is 9.59 Å². The average molecular weight is 242 g/mol. The number of carbonyl (C=O) groups excluding carboxylic acids is 2. The maximum Gasteiger partial charge on any atom is 0.166 e. The van der Waals surface area contributed by atoms with Crippen LogP contribution >= 0.6 is 0 Å². The average Bonchev–Trinajstić information content (AvgIpc) is 2.12. The van der Waals surface area contributed by atoms with E-state index in [1.165, 1.54) is 0 Å². The Balaban J connectivity index is 4.74. The van der Waals surface area contributed by atoms with E-state index in [1.54, 1.807) is 20.8 Å². The summed E-state index contributed by atoms with van der Waals surface area (Å²) in [5.41, 5.74) is -1.36. The van der Waals surface area contributed by atoms with Gasteiger partial charge >= 0.3 is 0 Å². The van der Waals surface area contributed by atoms with Crippen molar-refractivity contribution >= 4 is 11.6 Å². The van der Waals surface area contributed by atoms with E-state index >= 15 is 0 Å². The zero-order chi connectivity index (χ0) is 14.0. The van der Waals surface area contributed by atoms with Gasteiger partial charge in [0.25, 0.3) is 0 Å². The second kappa shape index (κ2) is 5.30. The first-order valence-electron chi connectivity index (χ1n) is 6.16. The van der Waals surface area contributed by atoms with Crippen LogP contribution in [0.5, 0.6) is 0 Å². The van der Waals surface area contributed by atoms with Gasteiger partial charge in [-0.1, -0.05) is 34.6 Å². The van der Waals surface area contributed by atoms with Crippen molar-refractivity contribution in [3.63, 3.8) is 0 Å². The minimum atomic E-state index is -0.908. The Labute approximate surface area is 105 Å². The van der Waals surface area contributed by atoms with Crippen molar-refractivity contribution in [3.8, 4) is 0 Å². The lowest BCUT2D eigenvalue weighted by Crippen LogP contribution is -2.44. The summed E-state index contributed by atoms with van der Waals surface area (Å²) < 4.78 is 5.65. The van der Waals surface area contributed by atoms with Gasteiger partial charge in [-0.2, -0.15) is 0 Å². The lowest BCUT2D eigenvalue weighted by Gasteiger charge is -2.31. The van der Waals surface area contributed by atoms with E-state index in [-0.39, 0.29) is 17.5 Å². The molecule has 0 fully saturated rings. The zero-order valence-corrected chi connectivity index (χ0v) is 12.4. The van der Waals surface area contributed by atoms with Gasteiger partial charge in [-0.25, -0.2) is 0 Å². The third-order valence-electron chi connectivity index (χ3n) is 2.70. The highest BCUT2D eigenvalue weighted by Crippen LogP contribution is 2.23. The SMILES string of the molecule is CC(C)C(=O)C(C)(C)OC(C)C(=O)C(C)(C)C. The molecule has 1 unspecified atom stereocenters. The van der Waals surface area contributed by atoms with E-state index in [2.05, 4.69) is 0 Å². The molecule has 0 aromatic carbocycles. The quantitative estimate of drug-likeness (QED) is 0.744. The smallest absolute Gasteiger partial charge is 0.166 e. The highest BCUT2D eigenvalue weighted by molar-refractivity contribution is 5.90. The maximum absolute atomic E-state index is 12.0. The van der Waals surface area contributed by atoms with E-state index in [0.29, 0.717) is 0 Å². The Morgan fingerprint density at radius 1 is 0.882 bits per heavy atom. The lowest BCUT2D eigenvalue weighted by atomic mass is 9.87. The Kier molecular flexibility index (Phi) is 5.08. The summed E-state index contributed by atoms with van der Waals surface area (Å²) in [5.74, 6) is -0.0601. The number of hydrogen-bond donors (Lipinski definition) is 0. The maximum atomic E-state index is 12.0. The highest BCUT2D eigenvalue weighted by atomic mass is 16.5. The summed E-state index contributed by atoms with van der Waals surface area (Å²) >= 11 is 0. The van der Waals surface area contributed by atoms with Crippen LogP contribution < -0.4 is 0 Å². The Morgan fingerprint density at radius 3 is 1.59 bits per heavy atom. The van der Waals surface area contributed by atoms with Crippen molar-refractivity contribution in [2.75, 3.05) is 0 Å². The minimum Gasteiger partial charge on any atom is -0.357 e. The van der Waals surface area contributed by atoms with Gasteiger partial charge in [-0.05, 0) is 20.8 Å². The fourth-order valence-corrected chi connectivity index (χ4v) is 1.86. The van der Waals surface area contributed by atoms with Crippen molar-refractivity contribution < 1.29 is 14.3 Å². The van der Waals surface area contributed by atoms with Crippen LogP contribution in [0.3, 0.4) is 0 Å². The molecular weight excluding hydrogens is 216 g/mol. The van der Waals surface area contributed by atoms with Gasteiger partial charge in [0.05, 0.1) is 0 Å². The fourth-order valence-electron chi connectivity index (χ4n) is 1.86. The third kappa shape index (κ3) is 4.58. The number of rotatable bonds is 5. The molecule has 3 heteroatoms. The molecule has 0 aliphatic carbocycles. The highest BCUT2D eigenvalue weighted by Gasteiger charge is 2.36. The molecule has 0 N–H and O–H groups in total. The molecule has 1 atom stereocenters. The van der Waals surface area contributed by atoms with Crippen LogP contribution in [0.25, 0.3) is 0 Å². The Hall–Kier alpha value is -0.700. The molecule has 0 rings (SSSR count). The summed E-state index contributed by atoms with van der Waals surface area (Å²) in [6, 6.07) is 0. The molecule has 0 aliphatic heterocycles. The molecule has 0 saturated carbocycles. The molecule has 0 bridgehead atoms. The summed E-state index contributed by atoms with van der Waals surface area (Å²) in [7, 11) is 0. The normalized spacial score (nSPS) is 14.9. The van der Waals surface area contributed by atoms with Crippen LogP contribution in [0.1, 0.15) is 55.4 Å². The lowest BCUT2D eigenvalue weighted by molar-refractivity contribution is -0.159. The van der Waals surface area contributed by atoms with Gasteiger partial charge in [-0.15, -0.1) is 0 Å². The van der Waals surface area contributed by atoms with Crippen LogP contribution in [0.4, 0.5) is 0 Å². The number of carbonyl (C=O) groups is 2. The van der Waals surface area contributed by atoms with Gasteiger partial charge in [0, 0.05) is 11.3 Å². The molecular formula is C14H26O3. The molecule has 0 saturated heterocycles. The predicted octanol–water partition coefficient (Wildman–Crippen LogP) is 3.01. The molecule has 3 nitrogen and oxygen atoms in total. The predicted molar refractivity (Wildman–Crippen MR) is 68.9 cm³/mol. The van der Waals surface area contributed by atoms with Crippen LogP contribution in [0, 0.1) is 11.3 Å². The minimum absolute atomic E-state index is 0.0159. The Bertz CT molecular complexity index is 295. The Morgan fingerprint density at radius 2 is 1.29 bits per heavy atom. The number of Topliss-reactive ketones (excluding diaryl/α,β-unsaturated/α-hetero) is 2. The summed E-state index contributed by atoms with van der Waals surface area (Å²) in [6.45, 7) is 14.4. The van der Waals surface area contributed by atoms with Crippen molar-refractivity contribution in [2.24, 2.45) is 11.3 Å². The number of ketones is 2. The second-order valence-electron chi connectivity index (χ2n) is 6.40. The molecule has 100 valence electrons. The largest absolute Gasteiger partial charge is 0.357 e. The number of ether oxygens (including phenoxy) is 1. The van der Waals surface area contributed by atoms with Crippen LogP contribution in [0.15, 0.2) is 0 Å². The zero-order valence-electron chi connectivity index (χ0n) is 12.4. The van der Waals surface area contributed by atoms with E-state index in [1.807, 2.05) is 34.6 Å². The van der Waals surface area contributed by atoms with E-state index < -0.39 is 17.1 Å². The summed E-state index contributed by atoms with van der Waals surface area (Å²) in [5, 5.41) is 0. The van der Waals surface area contributed by atoms with Crippen LogP contribution in [0.2, 0.25) is 0 Å². The molecule has 0 aromatic rings. The summed E-state index contributed by atoms with van der Waals surface area (Å²) in [6.07, 6.45) is -0.562. The van der Waals surface area contributed by atoms with Gasteiger partial charge in [0.15, 0.2) is 11.6 Å². The third-order valence-corrected chi connectivity index (χ3v) is 2.70. The van der Waals surface area contributed by atoms with Crippen molar-refractivity contribution in [3.05, 3.63) is 0 Å². The summed E-state index contributed by atoms with van der Waals surface area (Å²) in [4.78, 5) is 23.9. The first kappa shape index (κ1) is 16.3. The van der Waals surface area contributed by atoms with E-state index in [0.717, 1.165) is 0 Å². The molecule has 0 aromatic heterocycles. The van der Waals surface area contributed by atoms with Crippen LogP contribution in [-0.4, -0.2) is 23.3 Å². The van der Waals surface area contributed by atoms with Gasteiger partial charge in [0.1, 0.15) is 11.7 Å². The van der Waals surface area contributed by atoms with Crippen molar-refractivity contribution in [1.82, 2.24) is 0 Å². The molecule has 0 heterocycles. The monoisotopic (exact) mass is 242 g/mol. The topological polar surface area (TPSA) is 43.4 Å². The van der Waals surface area contributed by atoms with Gasteiger partial charge < -0.3 is 4.74 Å². The fraction of sp³-hybridized carbons (Fsp3) is 0.857. The molecule has 0 radical (unpaired) electrons.